The maximum atomic E-state index is 11.8. The van der Waals surface area contributed by atoms with Crippen molar-refractivity contribution in [3.63, 3.8) is 0 Å². The van der Waals surface area contributed by atoms with E-state index in [0.717, 1.165) is 12.8 Å². The third-order valence-electron chi connectivity index (χ3n) is 2.94. The number of hydrogen-bond acceptors (Lipinski definition) is 4. The minimum absolute atomic E-state index is 0.0210. The molecule has 0 bridgehead atoms. The highest BCUT2D eigenvalue weighted by atomic mass is 16.6. The number of carbonyl (C=O) groups is 1. The molecule has 0 rings (SSSR count). The van der Waals surface area contributed by atoms with Gasteiger partial charge in [-0.1, -0.05) is 13.8 Å². The van der Waals surface area contributed by atoms with Gasteiger partial charge in [-0.05, 0) is 40.5 Å². The fourth-order valence-electron chi connectivity index (χ4n) is 1.63. The lowest BCUT2D eigenvalue weighted by atomic mass is 9.93. The molecule has 2 N–H and O–H groups in total. The zero-order chi connectivity index (χ0) is 13.7. The van der Waals surface area contributed by atoms with E-state index in [-0.39, 0.29) is 12.6 Å². The van der Waals surface area contributed by atoms with Gasteiger partial charge in [0, 0.05) is 5.54 Å². The summed E-state index contributed by atoms with van der Waals surface area (Å²) in [6, 6.07) is -0.415. The summed E-state index contributed by atoms with van der Waals surface area (Å²) in [4.78, 5) is 11.8. The predicted octanol–water partition coefficient (Wildman–Crippen LogP) is 1.86. The number of nitrogens with one attached hydrogen (secondary N) is 1. The molecular formula is C13H27NO3. The Morgan fingerprint density at radius 2 is 1.76 bits per heavy atom. The maximum absolute atomic E-state index is 11.8. The molecule has 1 atom stereocenters. The van der Waals surface area contributed by atoms with Gasteiger partial charge in [0.1, 0.15) is 11.6 Å². The van der Waals surface area contributed by atoms with E-state index < -0.39 is 17.2 Å². The Hall–Kier alpha value is -0.610. The summed E-state index contributed by atoms with van der Waals surface area (Å²) in [6.07, 6.45) is 1.54. The second-order valence-electron chi connectivity index (χ2n) is 5.55. The van der Waals surface area contributed by atoms with Crippen LogP contribution < -0.4 is 5.32 Å². The van der Waals surface area contributed by atoms with E-state index in [1.807, 2.05) is 34.6 Å². The molecule has 0 saturated carbocycles. The van der Waals surface area contributed by atoms with Crippen molar-refractivity contribution in [1.82, 2.24) is 5.32 Å². The molecule has 0 amide bonds. The molecule has 0 fully saturated rings. The van der Waals surface area contributed by atoms with Crippen LogP contribution in [0.2, 0.25) is 0 Å². The number of aliphatic hydroxyl groups excluding tert-OH is 1. The van der Waals surface area contributed by atoms with E-state index in [4.69, 9.17) is 4.74 Å². The highest BCUT2D eigenvalue weighted by Crippen LogP contribution is 2.16. The molecule has 0 spiro atoms. The van der Waals surface area contributed by atoms with Gasteiger partial charge in [0.15, 0.2) is 0 Å². The summed E-state index contributed by atoms with van der Waals surface area (Å²) in [7, 11) is 0. The van der Waals surface area contributed by atoms with Crippen molar-refractivity contribution in [3.05, 3.63) is 0 Å². The molecule has 17 heavy (non-hydrogen) atoms. The second-order valence-corrected chi connectivity index (χ2v) is 5.55. The smallest absolute Gasteiger partial charge is 0.323 e. The van der Waals surface area contributed by atoms with Gasteiger partial charge in [-0.3, -0.25) is 10.1 Å². The lowest BCUT2D eigenvalue weighted by Gasteiger charge is -2.34. The zero-order valence-electron chi connectivity index (χ0n) is 12.0. The van der Waals surface area contributed by atoms with Crippen molar-refractivity contribution in [2.45, 2.75) is 71.6 Å². The van der Waals surface area contributed by atoms with Crippen LogP contribution in [0.15, 0.2) is 0 Å². The summed E-state index contributed by atoms with van der Waals surface area (Å²) in [5.74, 6) is -0.280. The SMILES string of the molecule is CCC(CC)(CO)NC(C)C(=O)OC(C)(C)C. The molecule has 102 valence electrons. The Labute approximate surface area is 105 Å². The standard InChI is InChI=1S/C13H27NO3/c1-7-13(8-2,9-15)14-10(3)11(16)17-12(4,5)6/h10,14-15H,7-9H2,1-6H3. The Morgan fingerprint density at radius 3 is 2.06 bits per heavy atom. The Balaban J connectivity index is 4.51. The predicted molar refractivity (Wildman–Crippen MR) is 68.8 cm³/mol. The monoisotopic (exact) mass is 245 g/mol. The van der Waals surface area contributed by atoms with Crippen LogP contribution in [0.25, 0.3) is 0 Å². The van der Waals surface area contributed by atoms with E-state index >= 15 is 0 Å². The first kappa shape index (κ1) is 16.4. The number of aliphatic hydroxyl groups is 1. The van der Waals surface area contributed by atoms with Crippen LogP contribution in [0.3, 0.4) is 0 Å². The fraction of sp³-hybridized carbons (Fsp3) is 0.923. The molecule has 0 radical (unpaired) electrons. The topological polar surface area (TPSA) is 58.6 Å². The number of esters is 1. The Kier molecular flexibility index (Phi) is 6.13. The lowest BCUT2D eigenvalue weighted by Crippen LogP contribution is -2.54. The first-order chi connectivity index (χ1) is 7.69. The van der Waals surface area contributed by atoms with Gasteiger partial charge in [-0.15, -0.1) is 0 Å². The van der Waals surface area contributed by atoms with Crippen LogP contribution in [0, 0.1) is 0 Å². The van der Waals surface area contributed by atoms with Crippen molar-refractivity contribution in [1.29, 1.82) is 0 Å². The van der Waals surface area contributed by atoms with Gasteiger partial charge in [-0.25, -0.2) is 0 Å². The minimum Gasteiger partial charge on any atom is -0.459 e. The van der Waals surface area contributed by atoms with Gasteiger partial charge in [-0.2, -0.15) is 0 Å². The summed E-state index contributed by atoms with van der Waals surface area (Å²) in [6.45, 7) is 11.3. The highest BCUT2D eigenvalue weighted by molar-refractivity contribution is 5.75. The minimum atomic E-state index is -0.479. The van der Waals surface area contributed by atoms with Crippen molar-refractivity contribution in [2.24, 2.45) is 0 Å². The van der Waals surface area contributed by atoms with Crippen molar-refractivity contribution >= 4 is 5.97 Å². The fourth-order valence-corrected chi connectivity index (χ4v) is 1.63. The molecule has 0 aliphatic rings. The first-order valence-corrected chi connectivity index (χ1v) is 6.31. The van der Waals surface area contributed by atoms with Gasteiger partial charge in [0.05, 0.1) is 6.61 Å². The third-order valence-corrected chi connectivity index (χ3v) is 2.94. The molecule has 0 aliphatic heterocycles. The lowest BCUT2D eigenvalue weighted by molar-refractivity contribution is -0.157. The van der Waals surface area contributed by atoms with E-state index in [1.165, 1.54) is 0 Å². The summed E-state index contributed by atoms with van der Waals surface area (Å²) < 4.78 is 5.30. The van der Waals surface area contributed by atoms with Crippen LogP contribution in [-0.4, -0.2) is 34.9 Å². The van der Waals surface area contributed by atoms with Crippen LogP contribution in [-0.2, 0) is 9.53 Å². The van der Waals surface area contributed by atoms with Crippen LogP contribution in [0.4, 0.5) is 0 Å². The van der Waals surface area contributed by atoms with Crippen molar-refractivity contribution < 1.29 is 14.6 Å². The summed E-state index contributed by atoms with van der Waals surface area (Å²) in [5, 5.41) is 12.6. The zero-order valence-corrected chi connectivity index (χ0v) is 12.0. The van der Waals surface area contributed by atoms with Gasteiger partial charge in [0.2, 0.25) is 0 Å². The van der Waals surface area contributed by atoms with E-state index in [0.29, 0.717) is 0 Å². The molecule has 0 aromatic rings. The molecule has 0 saturated heterocycles. The number of hydrogen-bond donors (Lipinski definition) is 2. The molecule has 0 heterocycles. The Morgan fingerprint density at radius 1 is 1.29 bits per heavy atom. The number of carbonyl (C=O) groups excluding carboxylic acids is 1. The average Bonchev–Trinajstić information content (AvgIpc) is 2.23. The summed E-state index contributed by atoms with van der Waals surface area (Å²) in [5.41, 5.74) is -0.871. The summed E-state index contributed by atoms with van der Waals surface area (Å²) >= 11 is 0. The second kappa shape index (κ2) is 6.36. The molecule has 1 unspecified atom stereocenters. The maximum Gasteiger partial charge on any atom is 0.323 e. The van der Waals surface area contributed by atoms with Gasteiger partial charge >= 0.3 is 5.97 Å². The van der Waals surface area contributed by atoms with Gasteiger partial charge in [0.25, 0.3) is 0 Å². The van der Waals surface area contributed by atoms with E-state index in [1.54, 1.807) is 6.92 Å². The molecule has 0 aromatic carbocycles. The van der Waals surface area contributed by atoms with E-state index in [2.05, 4.69) is 5.32 Å². The van der Waals surface area contributed by atoms with E-state index in [9.17, 15) is 9.90 Å². The molecule has 4 nitrogen and oxygen atoms in total. The molecule has 4 heteroatoms. The van der Waals surface area contributed by atoms with Crippen LogP contribution >= 0.6 is 0 Å². The largest absolute Gasteiger partial charge is 0.459 e. The van der Waals surface area contributed by atoms with Crippen molar-refractivity contribution in [2.75, 3.05) is 6.61 Å². The molecular weight excluding hydrogens is 218 g/mol. The quantitative estimate of drug-likeness (QED) is 0.701. The van der Waals surface area contributed by atoms with Crippen LogP contribution in [0.5, 0.6) is 0 Å². The van der Waals surface area contributed by atoms with Crippen LogP contribution in [0.1, 0.15) is 54.4 Å². The normalized spacial score (nSPS) is 14.5. The highest BCUT2D eigenvalue weighted by Gasteiger charge is 2.31. The first-order valence-electron chi connectivity index (χ1n) is 6.31. The Bertz CT molecular complexity index is 233. The average molecular weight is 245 g/mol. The van der Waals surface area contributed by atoms with Crippen molar-refractivity contribution in [3.8, 4) is 0 Å². The molecule has 0 aliphatic carbocycles. The number of rotatable bonds is 6. The number of ether oxygens (including phenoxy) is 1. The molecule has 0 aromatic heterocycles. The third kappa shape index (κ3) is 5.50. The van der Waals surface area contributed by atoms with Gasteiger partial charge < -0.3 is 9.84 Å².